The minimum atomic E-state index is 0.112. The lowest BCUT2D eigenvalue weighted by atomic mass is 10.1. The van der Waals surface area contributed by atoms with Gasteiger partial charge in [-0.1, -0.05) is 26.7 Å². The van der Waals surface area contributed by atoms with Crippen LogP contribution in [0.3, 0.4) is 0 Å². The van der Waals surface area contributed by atoms with Gasteiger partial charge in [-0.25, -0.2) is 0 Å². The largest absolute Gasteiger partial charge is 0.461 e. The number of carbonyl (C=O) groups excluding carboxylic acids is 1. The number of ketones is 1. The normalized spacial score (nSPS) is 16.6. The molecule has 1 aromatic heterocycles. The van der Waals surface area contributed by atoms with Crippen molar-refractivity contribution in [1.82, 2.24) is 4.90 Å². The Morgan fingerprint density at radius 3 is 2.74 bits per heavy atom. The maximum absolute atomic E-state index is 12.2. The van der Waals surface area contributed by atoms with Crippen molar-refractivity contribution in [1.29, 1.82) is 0 Å². The van der Waals surface area contributed by atoms with Gasteiger partial charge in [-0.05, 0) is 43.9 Å². The van der Waals surface area contributed by atoms with Crippen LogP contribution < -0.4 is 0 Å². The summed E-state index contributed by atoms with van der Waals surface area (Å²) >= 11 is 0. The van der Waals surface area contributed by atoms with E-state index < -0.39 is 0 Å². The van der Waals surface area contributed by atoms with Crippen LogP contribution in [0, 0.1) is 5.92 Å². The summed E-state index contributed by atoms with van der Waals surface area (Å²) in [6, 6.07) is 4.14. The van der Waals surface area contributed by atoms with Crippen LogP contribution in [0.2, 0.25) is 0 Å². The van der Waals surface area contributed by atoms with Crippen molar-refractivity contribution >= 4 is 5.78 Å². The Morgan fingerprint density at radius 2 is 2.16 bits per heavy atom. The fraction of sp³-hybridized carbons (Fsp3) is 0.688. The van der Waals surface area contributed by atoms with E-state index in [9.17, 15) is 4.79 Å². The second kappa shape index (κ2) is 6.90. The van der Waals surface area contributed by atoms with Gasteiger partial charge in [0.1, 0.15) is 0 Å². The van der Waals surface area contributed by atoms with Crippen molar-refractivity contribution in [3.05, 3.63) is 24.2 Å². The third kappa shape index (κ3) is 4.20. The fourth-order valence-electron chi connectivity index (χ4n) is 2.78. The summed E-state index contributed by atoms with van der Waals surface area (Å²) in [4.78, 5) is 14.6. The van der Waals surface area contributed by atoms with E-state index in [1.54, 1.807) is 18.4 Å². The first kappa shape index (κ1) is 14.3. The lowest BCUT2D eigenvalue weighted by molar-refractivity contribution is 0.0858. The van der Waals surface area contributed by atoms with E-state index in [1.165, 1.54) is 25.7 Å². The van der Waals surface area contributed by atoms with E-state index in [2.05, 4.69) is 18.7 Å². The van der Waals surface area contributed by atoms with E-state index in [4.69, 9.17) is 4.42 Å². The minimum Gasteiger partial charge on any atom is -0.461 e. The van der Waals surface area contributed by atoms with Crippen LogP contribution in [-0.4, -0.2) is 29.8 Å². The van der Waals surface area contributed by atoms with Gasteiger partial charge < -0.3 is 4.42 Å². The first-order valence-electron chi connectivity index (χ1n) is 7.47. The molecular weight excluding hydrogens is 238 g/mol. The number of nitrogens with zero attached hydrogens (tertiary/aromatic N) is 1. The number of hydrogen-bond donors (Lipinski definition) is 0. The summed E-state index contributed by atoms with van der Waals surface area (Å²) in [7, 11) is 0. The van der Waals surface area contributed by atoms with E-state index in [1.807, 2.05) is 0 Å². The maximum atomic E-state index is 12.2. The van der Waals surface area contributed by atoms with Gasteiger partial charge in [0.05, 0.1) is 12.8 Å². The molecule has 0 unspecified atom stereocenters. The van der Waals surface area contributed by atoms with Gasteiger partial charge in [-0.3, -0.25) is 9.69 Å². The van der Waals surface area contributed by atoms with Crippen LogP contribution in [0.4, 0.5) is 0 Å². The predicted octanol–water partition coefficient (Wildman–Crippen LogP) is 3.75. The molecule has 0 spiro atoms. The smallest absolute Gasteiger partial charge is 0.211 e. The highest BCUT2D eigenvalue weighted by molar-refractivity contribution is 5.95. The van der Waals surface area contributed by atoms with E-state index >= 15 is 0 Å². The zero-order valence-electron chi connectivity index (χ0n) is 12.1. The molecule has 0 atom stereocenters. The second-order valence-corrected chi connectivity index (χ2v) is 5.99. The third-order valence-electron chi connectivity index (χ3n) is 3.98. The molecule has 0 radical (unpaired) electrons. The van der Waals surface area contributed by atoms with Crippen molar-refractivity contribution in [3.8, 4) is 0 Å². The number of carbonyl (C=O) groups is 1. The molecule has 1 fully saturated rings. The lowest BCUT2D eigenvalue weighted by Gasteiger charge is -2.28. The first-order chi connectivity index (χ1) is 9.16. The Morgan fingerprint density at radius 1 is 1.42 bits per heavy atom. The summed E-state index contributed by atoms with van der Waals surface area (Å²) in [5.74, 6) is 1.29. The molecule has 0 saturated heterocycles. The van der Waals surface area contributed by atoms with Crippen LogP contribution in [-0.2, 0) is 0 Å². The first-order valence-corrected chi connectivity index (χ1v) is 7.47. The number of furan rings is 1. The van der Waals surface area contributed by atoms with Gasteiger partial charge >= 0.3 is 0 Å². The standard InChI is InChI=1S/C16H25NO2/c1-13(2)9-10-17(14-6-3-4-7-14)12-15(18)16-8-5-11-19-16/h5,8,11,13-14H,3-4,6-7,9-10,12H2,1-2H3. The number of hydrogen-bond acceptors (Lipinski definition) is 3. The average Bonchev–Trinajstić information content (AvgIpc) is 3.05. The van der Waals surface area contributed by atoms with Crippen molar-refractivity contribution in [2.24, 2.45) is 5.92 Å². The van der Waals surface area contributed by atoms with Gasteiger partial charge in [0.2, 0.25) is 5.78 Å². The molecular formula is C16H25NO2. The molecule has 1 heterocycles. The molecule has 3 nitrogen and oxygen atoms in total. The Bertz CT molecular complexity index is 377. The topological polar surface area (TPSA) is 33.5 Å². The van der Waals surface area contributed by atoms with Gasteiger partial charge in [-0.2, -0.15) is 0 Å². The van der Waals surface area contributed by atoms with Crippen LogP contribution >= 0.6 is 0 Å². The zero-order chi connectivity index (χ0) is 13.7. The molecule has 1 aliphatic rings. The van der Waals surface area contributed by atoms with Gasteiger partial charge in [0.25, 0.3) is 0 Å². The van der Waals surface area contributed by atoms with Crippen molar-refractivity contribution in [2.45, 2.75) is 52.0 Å². The predicted molar refractivity (Wildman–Crippen MR) is 76.3 cm³/mol. The molecule has 1 aliphatic carbocycles. The zero-order valence-corrected chi connectivity index (χ0v) is 12.1. The van der Waals surface area contributed by atoms with Crippen LogP contribution in [0.25, 0.3) is 0 Å². The van der Waals surface area contributed by atoms with Crippen LogP contribution in [0.1, 0.15) is 56.5 Å². The summed E-state index contributed by atoms with van der Waals surface area (Å²) < 4.78 is 5.21. The number of rotatable bonds is 7. The van der Waals surface area contributed by atoms with E-state index in [-0.39, 0.29) is 5.78 Å². The second-order valence-electron chi connectivity index (χ2n) is 5.99. The Kier molecular flexibility index (Phi) is 5.20. The third-order valence-corrected chi connectivity index (χ3v) is 3.98. The molecule has 106 valence electrons. The highest BCUT2D eigenvalue weighted by Gasteiger charge is 2.25. The highest BCUT2D eigenvalue weighted by atomic mass is 16.3. The Balaban J connectivity index is 1.94. The van der Waals surface area contributed by atoms with Crippen LogP contribution in [0.15, 0.2) is 22.8 Å². The summed E-state index contributed by atoms with van der Waals surface area (Å²) in [6.45, 7) is 6.00. The van der Waals surface area contributed by atoms with Crippen molar-refractivity contribution in [3.63, 3.8) is 0 Å². The molecule has 3 heteroatoms. The summed E-state index contributed by atoms with van der Waals surface area (Å²) in [6.07, 6.45) is 7.81. The molecule has 0 N–H and O–H groups in total. The molecule has 19 heavy (non-hydrogen) atoms. The molecule has 0 bridgehead atoms. The SMILES string of the molecule is CC(C)CCN(CC(=O)c1ccco1)C1CCCC1. The fourth-order valence-corrected chi connectivity index (χ4v) is 2.78. The van der Waals surface area contributed by atoms with E-state index in [0.717, 1.165) is 13.0 Å². The minimum absolute atomic E-state index is 0.112. The van der Waals surface area contributed by atoms with E-state index in [0.29, 0.717) is 24.3 Å². The molecule has 0 aliphatic heterocycles. The van der Waals surface area contributed by atoms with Crippen molar-refractivity contribution in [2.75, 3.05) is 13.1 Å². The van der Waals surface area contributed by atoms with Crippen LogP contribution in [0.5, 0.6) is 0 Å². The maximum Gasteiger partial charge on any atom is 0.211 e. The van der Waals surface area contributed by atoms with Crippen molar-refractivity contribution < 1.29 is 9.21 Å². The average molecular weight is 263 g/mol. The number of Topliss-reactive ketones (excluding diaryl/α,β-unsaturated/α-hetero) is 1. The monoisotopic (exact) mass is 263 g/mol. The lowest BCUT2D eigenvalue weighted by Crippen LogP contribution is -2.38. The highest BCUT2D eigenvalue weighted by Crippen LogP contribution is 2.24. The molecule has 1 aromatic rings. The molecule has 2 rings (SSSR count). The molecule has 1 saturated carbocycles. The molecule has 0 aromatic carbocycles. The summed E-state index contributed by atoms with van der Waals surface area (Å²) in [5.41, 5.74) is 0. The molecule has 0 amide bonds. The van der Waals surface area contributed by atoms with Gasteiger partial charge in [-0.15, -0.1) is 0 Å². The Hall–Kier alpha value is -1.09. The summed E-state index contributed by atoms with van der Waals surface area (Å²) in [5, 5.41) is 0. The Labute approximate surface area is 116 Å². The van der Waals surface area contributed by atoms with Gasteiger partial charge in [0.15, 0.2) is 5.76 Å². The van der Waals surface area contributed by atoms with Gasteiger partial charge in [0, 0.05) is 6.04 Å². The quantitative estimate of drug-likeness (QED) is 0.702.